The molecular formula is C14H27N3O. The van der Waals surface area contributed by atoms with Crippen LogP contribution >= 0.6 is 0 Å². The van der Waals surface area contributed by atoms with Crippen molar-refractivity contribution in [2.24, 2.45) is 7.05 Å². The number of aryl methyl sites for hydroxylation is 2. The molecule has 0 bridgehead atoms. The largest absolute Gasteiger partial charge is 0.486 e. The van der Waals surface area contributed by atoms with E-state index in [1.807, 2.05) is 25.6 Å². The summed E-state index contributed by atoms with van der Waals surface area (Å²) >= 11 is 0. The predicted octanol–water partition coefficient (Wildman–Crippen LogP) is 2.58. The van der Waals surface area contributed by atoms with Crippen LogP contribution in [0.3, 0.4) is 0 Å². The van der Waals surface area contributed by atoms with E-state index in [1.54, 1.807) is 0 Å². The smallest absolute Gasteiger partial charge is 0.163 e. The predicted molar refractivity (Wildman–Crippen MR) is 75.1 cm³/mol. The van der Waals surface area contributed by atoms with E-state index >= 15 is 0 Å². The van der Waals surface area contributed by atoms with Gasteiger partial charge in [0.25, 0.3) is 0 Å². The summed E-state index contributed by atoms with van der Waals surface area (Å²) in [5.74, 6) is 0.927. The molecule has 1 aromatic rings. The Morgan fingerprint density at radius 3 is 2.33 bits per heavy atom. The summed E-state index contributed by atoms with van der Waals surface area (Å²) in [5.41, 5.74) is 2.05. The zero-order chi connectivity index (χ0) is 13.7. The Hall–Kier alpha value is -1.03. The van der Waals surface area contributed by atoms with Crippen LogP contribution in [0.2, 0.25) is 0 Å². The van der Waals surface area contributed by atoms with Crippen LogP contribution in [0.1, 0.15) is 45.0 Å². The van der Waals surface area contributed by atoms with E-state index in [1.165, 1.54) is 0 Å². The lowest BCUT2D eigenvalue weighted by atomic mass is 10.1. The zero-order valence-corrected chi connectivity index (χ0v) is 12.6. The molecule has 1 atom stereocenters. The SMILES string of the molecule is CCC(CC)NCC(C)Oc1c(C)nn(C)c1C. The van der Waals surface area contributed by atoms with Crippen LogP contribution in [0.15, 0.2) is 0 Å². The van der Waals surface area contributed by atoms with Crippen LogP contribution in [0.4, 0.5) is 0 Å². The van der Waals surface area contributed by atoms with Gasteiger partial charge in [-0.25, -0.2) is 0 Å². The molecule has 1 aromatic heterocycles. The minimum Gasteiger partial charge on any atom is -0.486 e. The lowest BCUT2D eigenvalue weighted by molar-refractivity contribution is 0.207. The lowest BCUT2D eigenvalue weighted by Gasteiger charge is -2.20. The molecule has 0 saturated carbocycles. The molecule has 0 aromatic carbocycles. The van der Waals surface area contributed by atoms with Gasteiger partial charge >= 0.3 is 0 Å². The molecule has 104 valence electrons. The van der Waals surface area contributed by atoms with Gasteiger partial charge in [0, 0.05) is 19.6 Å². The molecule has 1 heterocycles. The minimum absolute atomic E-state index is 0.159. The second-order valence-electron chi connectivity index (χ2n) is 4.97. The highest BCUT2D eigenvalue weighted by molar-refractivity contribution is 5.31. The summed E-state index contributed by atoms with van der Waals surface area (Å²) in [6.07, 6.45) is 2.48. The van der Waals surface area contributed by atoms with Crippen LogP contribution < -0.4 is 10.1 Å². The average Bonchev–Trinajstić information content (AvgIpc) is 2.57. The first-order valence-corrected chi connectivity index (χ1v) is 6.89. The highest BCUT2D eigenvalue weighted by Crippen LogP contribution is 2.22. The van der Waals surface area contributed by atoms with Gasteiger partial charge in [-0.15, -0.1) is 0 Å². The van der Waals surface area contributed by atoms with Gasteiger partial charge in [0.1, 0.15) is 11.8 Å². The van der Waals surface area contributed by atoms with Crippen LogP contribution in [-0.4, -0.2) is 28.5 Å². The van der Waals surface area contributed by atoms with Crippen molar-refractivity contribution in [3.63, 3.8) is 0 Å². The maximum Gasteiger partial charge on any atom is 0.163 e. The molecule has 0 amide bonds. The molecule has 1 N–H and O–H groups in total. The van der Waals surface area contributed by atoms with E-state index in [0.29, 0.717) is 6.04 Å². The Morgan fingerprint density at radius 2 is 1.89 bits per heavy atom. The molecule has 0 aliphatic rings. The standard InChI is InChI=1S/C14H27N3O/c1-7-13(8-2)15-9-10(3)18-14-11(4)16-17(6)12(14)5/h10,13,15H,7-9H2,1-6H3. The van der Waals surface area contributed by atoms with Crippen molar-refractivity contribution in [1.29, 1.82) is 0 Å². The molecule has 1 rings (SSSR count). The highest BCUT2D eigenvalue weighted by Gasteiger charge is 2.14. The number of ether oxygens (including phenoxy) is 1. The third-order valence-electron chi connectivity index (χ3n) is 3.44. The molecule has 0 radical (unpaired) electrons. The molecule has 0 fully saturated rings. The number of hydrogen-bond acceptors (Lipinski definition) is 3. The summed E-state index contributed by atoms with van der Waals surface area (Å²) in [6, 6.07) is 0.590. The molecule has 4 nitrogen and oxygen atoms in total. The van der Waals surface area contributed by atoms with Crippen LogP contribution in [0, 0.1) is 13.8 Å². The molecule has 18 heavy (non-hydrogen) atoms. The van der Waals surface area contributed by atoms with Gasteiger partial charge in [-0.3, -0.25) is 4.68 Å². The van der Waals surface area contributed by atoms with Gasteiger partial charge < -0.3 is 10.1 Å². The number of nitrogens with zero attached hydrogens (tertiary/aromatic N) is 2. The third-order valence-corrected chi connectivity index (χ3v) is 3.44. The first-order valence-electron chi connectivity index (χ1n) is 6.89. The fraction of sp³-hybridized carbons (Fsp3) is 0.786. The van der Waals surface area contributed by atoms with Crippen molar-refractivity contribution in [2.75, 3.05) is 6.54 Å². The first-order chi connectivity index (χ1) is 8.49. The third kappa shape index (κ3) is 3.73. The van der Waals surface area contributed by atoms with Gasteiger partial charge in [0.2, 0.25) is 0 Å². The quantitative estimate of drug-likeness (QED) is 0.812. The van der Waals surface area contributed by atoms with Gasteiger partial charge in [0.15, 0.2) is 5.75 Å². The van der Waals surface area contributed by atoms with Crippen molar-refractivity contribution in [2.45, 2.75) is 59.6 Å². The number of hydrogen-bond donors (Lipinski definition) is 1. The Bertz CT molecular complexity index is 369. The molecule has 4 heteroatoms. The summed E-state index contributed by atoms with van der Waals surface area (Å²) in [5, 5.41) is 7.90. The van der Waals surface area contributed by atoms with Gasteiger partial charge in [-0.05, 0) is 33.6 Å². The van der Waals surface area contributed by atoms with Crippen LogP contribution in [-0.2, 0) is 7.05 Å². The molecule has 0 saturated heterocycles. The van der Waals surface area contributed by atoms with Crippen molar-refractivity contribution in [3.05, 3.63) is 11.4 Å². The van der Waals surface area contributed by atoms with Gasteiger partial charge in [-0.1, -0.05) is 13.8 Å². The molecular weight excluding hydrogens is 226 g/mol. The van der Waals surface area contributed by atoms with Crippen molar-refractivity contribution < 1.29 is 4.74 Å². The number of nitrogens with one attached hydrogen (secondary N) is 1. The van der Waals surface area contributed by atoms with Crippen molar-refractivity contribution in [1.82, 2.24) is 15.1 Å². The van der Waals surface area contributed by atoms with E-state index in [9.17, 15) is 0 Å². The van der Waals surface area contributed by atoms with Crippen LogP contribution in [0.5, 0.6) is 5.75 Å². The first kappa shape index (κ1) is 15.0. The molecule has 1 unspecified atom stereocenters. The minimum atomic E-state index is 0.159. The monoisotopic (exact) mass is 253 g/mol. The highest BCUT2D eigenvalue weighted by atomic mass is 16.5. The fourth-order valence-corrected chi connectivity index (χ4v) is 2.08. The summed E-state index contributed by atoms with van der Waals surface area (Å²) < 4.78 is 7.86. The Labute approximate surface area is 111 Å². The van der Waals surface area contributed by atoms with Crippen molar-refractivity contribution >= 4 is 0 Å². The number of rotatable bonds is 7. The maximum absolute atomic E-state index is 5.99. The van der Waals surface area contributed by atoms with E-state index in [0.717, 1.165) is 36.5 Å². The number of aromatic nitrogens is 2. The second-order valence-corrected chi connectivity index (χ2v) is 4.97. The molecule has 0 aliphatic heterocycles. The second kappa shape index (κ2) is 6.78. The zero-order valence-electron chi connectivity index (χ0n) is 12.6. The topological polar surface area (TPSA) is 39.1 Å². The van der Waals surface area contributed by atoms with E-state index < -0.39 is 0 Å². The van der Waals surface area contributed by atoms with Gasteiger partial charge in [-0.2, -0.15) is 5.10 Å². The summed E-state index contributed by atoms with van der Waals surface area (Å²) in [4.78, 5) is 0. The van der Waals surface area contributed by atoms with E-state index in [2.05, 4.69) is 31.2 Å². The van der Waals surface area contributed by atoms with Crippen LogP contribution in [0.25, 0.3) is 0 Å². The fourth-order valence-electron chi connectivity index (χ4n) is 2.08. The molecule has 0 spiro atoms. The van der Waals surface area contributed by atoms with E-state index in [-0.39, 0.29) is 6.10 Å². The average molecular weight is 253 g/mol. The maximum atomic E-state index is 5.99. The normalized spacial score (nSPS) is 13.1. The Morgan fingerprint density at radius 1 is 1.28 bits per heavy atom. The Balaban J connectivity index is 2.51. The van der Waals surface area contributed by atoms with E-state index in [4.69, 9.17) is 4.74 Å². The molecule has 0 aliphatic carbocycles. The Kier molecular flexibility index (Phi) is 5.66. The summed E-state index contributed by atoms with van der Waals surface area (Å²) in [7, 11) is 1.95. The lowest BCUT2D eigenvalue weighted by Crippen LogP contribution is -2.36. The van der Waals surface area contributed by atoms with Gasteiger partial charge in [0.05, 0.1) is 5.69 Å². The van der Waals surface area contributed by atoms with Crippen molar-refractivity contribution in [3.8, 4) is 5.75 Å². The summed E-state index contributed by atoms with van der Waals surface area (Å²) in [6.45, 7) is 11.4.